The fourth-order valence-electron chi connectivity index (χ4n) is 0.880. The van der Waals surface area contributed by atoms with E-state index in [2.05, 4.69) is 11.3 Å². The van der Waals surface area contributed by atoms with E-state index in [1.54, 1.807) is 6.92 Å². The number of aliphatic hydroxyl groups is 1. The van der Waals surface area contributed by atoms with Crippen molar-refractivity contribution < 1.29 is 14.6 Å². The number of ether oxygens (including phenoxy) is 1. The highest BCUT2D eigenvalue weighted by Gasteiger charge is 2.30. The predicted molar refractivity (Wildman–Crippen MR) is 42.1 cm³/mol. The summed E-state index contributed by atoms with van der Waals surface area (Å²) in [5.41, 5.74) is -0.680. The van der Waals surface area contributed by atoms with Crippen LogP contribution in [0.5, 0.6) is 0 Å². The molecule has 0 aromatic heterocycles. The van der Waals surface area contributed by atoms with Crippen LogP contribution in [-0.4, -0.2) is 23.8 Å². The zero-order chi connectivity index (χ0) is 9.07. The van der Waals surface area contributed by atoms with Crippen LogP contribution in [0.15, 0.2) is 12.2 Å². The molecular weight excluding hydrogens is 144 g/mol. The second-order valence-electron chi connectivity index (χ2n) is 2.90. The Morgan fingerprint density at radius 3 is 2.45 bits per heavy atom. The SMILES string of the molecule is C=C(C)C[C@@](C)(O)C(=O)OC. The number of rotatable bonds is 3. The summed E-state index contributed by atoms with van der Waals surface area (Å²) in [7, 11) is 1.25. The van der Waals surface area contributed by atoms with Gasteiger partial charge in [0, 0.05) is 6.42 Å². The normalized spacial score (nSPS) is 15.3. The summed E-state index contributed by atoms with van der Waals surface area (Å²) >= 11 is 0. The van der Waals surface area contributed by atoms with E-state index in [1.165, 1.54) is 14.0 Å². The van der Waals surface area contributed by atoms with Crippen molar-refractivity contribution in [3.05, 3.63) is 12.2 Å². The van der Waals surface area contributed by atoms with Gasteiger partial charge in [0.1, 0.15) is 0 Å². The molecule has 0 aliphatic rings. The lowest BCUT2D eigenvalue weighted by atomic mass is 9.99. The molecule has 0 spiro atoms. The van der Waals surface area contributed by atoms with E-state index in [1.807, 2.05) is 0 Å². The minimum Gasteiger partial charge on any atom is -0.467 e. The standard InChI is InChI=1S/C8H14O3/c1-6(2)5-8(3,10)7(9)11-4/h10H,1,5H2,2-4H3/t8-/m1/s1. The van der Waals surface area contributed by atoms with Crippen LogP contribution in [0.1, 0.15) is 20.3 Å². The molecule has 0 aliphatic carbocycles. The Bertz CT molecular complexity index is 170. The third kappa shape index (κ3) is 3.18. The van der Waals surface area contributed by atoms with E-state index < -0.39 is 11.6 Å². The van der Waals surface area contributed by atoms with Gasteiger partial charge in [0.15, 0.2) is 5.60 Å². The lowest BCUT2D eigenvalue weighted by molar-refractivity contribution is -0.160. The summed E-state index contributed by atoms with van der Waals surface area (Å²) in [6, 6.07) is 0. The number of methoxy groups -OCH3 is 1. The highest BCUT2D eigenvalue weighted by Crippen LogP contribution is 2.15. The maximum absolute atomic E-state index is 10.9. The molecule has 0 amide bonds. The molecule has 0 aromatic carbocycles. The van der Waals surface area contributed by atoms with Gasteiger partial charge in [-0.1, -0.05) is 5.57 Å². The smallest absolute Gasteiger partial charge is 0.337 e. The van der Waals surface area contributed by atoms with Crippen molar-refractivity contribution in [3.63, 3.8) is 0 Å². The van der Waals surface area contributed by atoms with Gasteiger partial charge in [0.05, 0.1) is 7.11 Å². The van der Waals surface area contributed by atoms with Crippen molar-refractivity contribution in [1.29, 1.82) is 0 Å². The molecule has 0 aromatic rings. The van der Waals surface area contributed by atoms with Gasteiger partial charge in [0.2, 0.25) is 0 Å². The molecule has 3 nitrogen and oxygen atoms in total. The highest BCUT2D eigenvalue weighted by atomic mass is 16.5. The molecule has 0 fully saturated rings. The second-order valence-corrected chi connectivity index (χ2v) is 2.90. The van der Waals surface area contributed by atoms with Crippen LogP contribution in [-0.2, 0) is 9.53 Å². The van der Waals surface area contributed by atoms with Crippen LogP contribution in [0.2, 0.25) is 0 Å². The highest BCUT2D eigenvalue weighted by molar-refractivity contribution is 5.78. The lowest BCUT2D eigenvalue weighted by Gasteiger charge is -2.19. The lowest BCUT2D eigenvalue weighted by Crippen LogP contribution is -2.36. The quantitative estimate of drug-likeness (QED) is 0.490. The van der Waals surface area contributed by atoms with Gasteiger partial charge in [0.25, 0.3) is 0 Å². The molecule has 0 saturated carbocycles. The molecule has 0 saturated heterocycles. The number of esters is 1. The molecule has 0 heterocycles. The summed E-state index contributed by atoms with van der Waals surface area (Å²) in [6.45, 7) is 6.75. The molecular formula is C8H14O3. The van der Waals surface area contributed by atoms with Gasteiger partial charge in [-0.15, -0.1) is 6.58 Å². The van der Waals surface area contributed by atoms with Crippen LogP contribution in [0.25, 0.3) is 0 Å². The Morgan fingerprint density at radius 1 is 1.73 bits per heavy atom. The number of hydrogen-bond donors (Lipinski definition) is 1. The van der Waals surface area contributed by atoms with Gasteiger partial charge >= 0.3 is 5.97 Å². The number of carbonyl (C=O) groups excluding carboxylic acids is 1. The van der Waals surface area contributed by atoms with E-state index >= 15 is 0 Å². The van der Waals surface area contributed by atoms with Crippen molar-refractivity contribution in [2.24, 2.45) is 0 Å². The average Bonchev–Trinajstić information content (AvgIpc) is 1.83. The zero-order valence-corrected chi connectivity index (χ0v) is 7.18. The molecule has 1 atom stereocenters. The molecule has 64 valence electrons. The largest absolute Gasteiger partial charge is 0.467 e. The van der Waals surface area contributed by atoms with E-state index in [9.17, 15) is 9.90 Å². The minimum atomic E-state index is -1.43. The third-order valence-corrected chi connectivity index (χ3v) is 1.27. The van der Waals surface area contributed by atoms with Crippen LogP contribution >= 0.6 is 0 Å². The number of hydrogen-bond acceptors (Lipinski definition) is 3. The zero-order valence-electron chi connectivity index (χ0n) is 7.18. The summed E-state index contributed by atoms with van der Waals surface area (Å²) in [5.74, 6) is -0.625. The van der Waals surface area contributed by atoms with E-state index in [-0.39, 0.29) is 6.42 Å². The minimum absolute atomic E-state index is 0.236. The summed E-state index contributed by atoms with van der Waals surface area (Å²) in [5, 5.41) is 9.42. The van der Waals surface area contributed by atoms with Crippen molar-refractivity contribution in [2.45, 2.75) is 25.9 Å². The van der Waals surface area contributed by atoms with Gasteiger partial charge in [-0.05, 0) is 13.8 Å². The van der Waals surface area contributed by atoms with Crippen molar-refractivity contribution in [2.75, 3.05) is 7.11 Å². The first-order chi connectivity index (χ1) is 4.90. The Balaban J connectivity index is 4.21. The van der Waals surface area contributed by atoms with Crippen LogP contribution in [0, 0.1) is 0 Å². The molecule has 0 aliphatic heterocycles. The van der Waals surface area contributed by atoms with Crippen LogP contribution < -0.4 is 0 Å². The molecule has 0 bridgehead atoms. The number of carbonyl (C=O) groups is 1. The van der Waals surface area contributed by atoms with Crippen LogP contribution in [0.3, 0.4) is 0 Å². The van der Waals surface area contributed by atoms with E-state index in [4.69, 9.17) is 0 Å². The maximum Gasteiger partial charge on any atom is 0.337 e. The summed E-state index contributed by atoms with van der Waals surface area (Å²) in [4.78, 5) is 10.9. The van der Waals surface area contributed by atoms with Crippen LogP contribution in [0.4, 0.5) is 0 Å². The molecule has 1 N–H and O–H groups in total. The van der Waals surface area contributed by atoms with Gasteiger partial charge in [-0.3, -0.25) is 0 Å². The Hall–Kier alpha value is -0.830. The third-order valence-electron chi connectivity index (χ3n) is 1.27. The molecule has 0 radical (unpaired) electrons. The van der Waals surface area contributed by atoms with Gasteiger partial charge in [-0.2, -0.15) is 0 Å². The Morgan fingerprint density at radius 2 is 2.18 bits per heavy atom. The first kappa shape index (κ1) is 10.2. The Labute approximate surface area is 66.7 Å². The fraction of sp³-hybridized carbons (Fsp3) is 0.625. The molecule has 0 unspecified atom stereocenters. The first-order valence-electron chi connectivity index (χ1n) is 3.35. The fourth-order valence-corrected chi connectivity index (χ4v) is 0.880. The van der Waals surface area contributed by atoms with Gasteiger partial charge < -0.3 is 9.84 Å². The Kier molecular flexibility index (Phi) is 3.26. The van der Waals surface area contributed by atoms with Crippen molar-refractivity contribution >= 4 is 5.97 Å². The maximum atomic E-state index is 10.9. The predicted octanol–water partition coefficient (Wildman–Crippen LogP) is 0.877. The molecule has 3 heteroatoms. The van der Waals surface area contributed by atoms with Crippen molar-refractivity contribution in [3.8, 4) is 0 Å². The van der Waals surface area contributed by atoms with Gasteiger partial charge in [-0.25, -0.2) is 4.79 Å². The summed E-state index contributed by atoms with van der Waals surface area (Å²) < 4.78 is 4.39. The topological polar surface area (TPSA) is 46.5 Å². The first-order valence-corrected chi connectivity index (χ1v) is 3.35. The van der Waals surface area contributed by atoms with E-state index in [0.29, 0.717) is 0 Å². The second kappa shape index (κ2) is 3.53. The van der Waals surface area contributed by atoms with E-state index in [0.717, 1.165) is 5.57 Å². The van der Waals surface area contributed by atoms with Crippen molar-refractivity contribution in [1.82, 2.24) is 0 Å². The molecule has 0 rings (SSSR count). The monoisotopic (exact) mass is 158 g/mol. The molecule has 11 heavy (non-hydrogen) atoms. The average molecular weight is 158 g/mol. The summed E-state index contributed by atoms with van der Waals surface area (Å²) in [6.07, 6.45) is 0.236.